The fourth-order valence-corrected chi connectivity index (χ4v) is 2.52. The van der Waals surface area contributed by atoms with Crippen molar-refractivity contribution in [1.29, 1.82) is 0 Å². The predicted octanol–water partition coefficient (Wildman–Crippen LogP) is 2.11. The minimum Gasteiger partial charge on any atom is -0.396 e. The van der Waals surface area contributed by atoms with Gasteiger partial charge in [0.1, 0.15) is 0 Å². The van der Waals surface area contributed by atoms with Crippen LogP contribution in [0, 0.1) is 11.3 Å². The Balaban J connectivity index is 2.44. The zero-order valence-electron chi connectivity index (χ0n) is 12.9. The maximum Gasteiger partial charge on any atom is 0.0471 e. The van der Waals surface area contributed by atoms with E-state index in [9.17, 15) is 5.11 Å². The lowest BCUT2D eigenvalue weighted by Crippen LogP contribution is -2.47. The lowest BCUT2D eigenvalue weighted by Gasteiger charge is -2.36. The summed E-state index contributed by atoms with van der Waals surface area (Å²) in [7, 11) is 0. The summed E-state index contributed by atoms with van der Waals surface area (Å²) in [5, 5.41) is 12.8. The molecule has 1 heterocycles. The molecule has 0 aliphatic carbocycles. The molecule has 2 atom stereocenters. The molecule has 1 saturated heterocycles. The molecule has 0 aromatic carbocycles. The van der Waals surface area contributed by atoms with Gasteiger partial charge in [0.05, 0.1) is 0 Å². The molecule has 1 fully saturated rings. The average Bonchev–Trinajstić information content (AvgIpc) is 2.73. The third-order valence-electron chi connectivity index (χ3n) is 4.13. The molecular formula is C15H32N2O. The highest BCUT2D eigenvalue weighted by Gasteiger charge is 2.30. The molecule has 0 aromatic heterocycles. The van der Waals surface area contributed by atoms with Crippen LogP contribution in [0.4, 0.5) is 0 Å². The molecule has 2 N–H and O–H groups in total. The maximum absolute atomic E-state index is 9.21. The van der Waals surface area contributed by atoms with Gasteiger partial charge in [0.25, 0.3) is 0 Å². The van der Waals surface area contributed by atoms with Crippen molar-refractivity contribution < 1.29 is 5.11 Å². The first kappa shape index (κ1) is 15.9. The summed E-state index contributed by atoms with van der Waals surface area (Å²) in [4.78, 5) is 2.52. The lowest BCUT2D eigenvalue weighted by molar-refractivity contribution is 0.156. The normalized spacial score (nSPS) is 25.3. The Labute approximate surface area is 113 Å². The van der Waals surface area contributed by atoms with E-state index in [2.05, 4.69) is 44.8 Å². The van der Waals surface area contributed by atoms with E-state index >= 15 is 0 Å². The van der Waals surface area contributed by atoms with Gasteiger partial charge >= 0.3 is 0 Å². The van der Waals surface area contributed by atoms with Crippen molar-refractivity contribution in [2.45, 2.75) is 53.0 Å². The van der Waals surface area contributed by atoms with Crippen molar-refractivity contribution in [3.8, 4) is 0 Å². The number of aliphatic hydroxyl groups is 1. The largest absolute Gasteiger partial charge is 0.396 e. The van der Waals surface area contributed by atoms with Gasteiger partial charge in [0, 0.05) is 31.8 Å². The van der Waals surface area contributed by atoms with E-state index in [0.717, 1.165) is 32.6 Å². The summed E-state index contributed by atoms with van der Waals surface area (Å²) in [5.41, 5.74) is 0.521. The quantitative estimate of drug-likeness (QED) is 0.764. The number of nitrogens with one attached hydrogen (secondary N) is 1. The van der Waals surface area contributed by atoms with Gasteiger partial charge in [0.15, 0.2) is 0 Å². The van der Waals surface area contributed by atoms with E-state index < -0.39 is 0 Å². The van der Waals surface area contributed by atoms with E-state index in [4.69, 9.17) is 0 Å². The van der Waals surface area contributed by atoms with E-state index in [-0.39, 0.29) is 5.54 Å². The van der Waals surface area contributed by atoms with Crippen LogP contribution in [-0.4, -0.2) is 48.3 Å². The van der Waals surface area contributed by atoms with Crippen LogP contribution in [0.3, 0.4) is 0 Å². The Bertz CT molecular complexity index is 249. The van der Waals surface area contributed by atoms with Crippen LogP contribution < -0.4 is 5.32 Å². The fourth-order valence-electron chi connectivity index (χ4n) is 2.52. The van der Waals surface area contributed by atoms with Crippen LogP contribution in [0.25, 0.3) is 0 Å². The molecule has 0 radical (unpaired) electrons. The summed E-state index contributed by atoms with van der Waals surface area (Å²) in [6, 6.07) is 0. The number of hydrogen-bond acceptors (Lipinski definition) is 3. The number of hydrogen-bond donors (Lipinski definition) is 2. The van der Waals surface area contributed by atoms with E-state index in [1.54, 1.807) is 0 Å². The Morgan fingerprint density at radius 1 is 1.28 bits per heavy atom. The first-order valence-electron chi connectivity index (χ1n) is 7.36. The second-order valence-electron chi connectivity index (χ2n) is 7.34. The second kappa shape index (κ2) is 6.36. The zero-order chi connectivity index (χ0) is 13.8. The first-order valence-corrected chi connectivity index (χ1v) is 7.36. The molecule has 108 valence electrons. The van der Waals surface area contributed by atoms with Crippen molar-refractivity contribution >= 4 is 0 Å². The van der Waals surface area contributed by atoms with Gasteiger partial charge < -0.3 is 15.3 Å². The van der Waals surface area contributed by atoms with Crippen molar-refractivity contribution in [3.05, 3.63) is 0 Å². The summed E-state index contributed by atoms with van der Waals surface area (Å²) in [5.74, 6) is 0.502. The zero-order valence-corrected chi connectivity index (χ0v) is 12.9. The Hall–Kier alpha value is -0.120. The summed E-state index contributed by atoms with van der Waals surface area (Å²) in [6.45, 7) is 16.1. The molecule has 0 spiro atoms. The van der Waals surface area contributed by atoms with Gasteiger partial charge in [-0.1, -0.05) is 13.8 Å². The van der Waals surface area contributed by atoms with Gasteiger partial charge in [0.2, 0.25) is 0 Å². The van der Waals surface area contributed by atoms with Gasteiger partial charge in [-0.05, 0) is 51.5 Å². The Kier molecular flexibility index (Phi) is 5.63. The molecule has 2 unspecified atom stereocenters. The van der Waals surface area contributed by atoms with Crippen molar-refractivity contribution in [1.82, 2.24) is 10.2 Å². The molecule has 0 bridgehead atoms. The number of rotatable bonds is 6. The summed E-state index contributed by atoms with van der Waals surface area (Å²) >= 11 is 0. The first-order chi connectivity index (χ1) is 8.28. The molecule has 1 aliphatic rings. The molecule has 18 heavy (non-hydrogen) atoms. The topological polar surface area (TPSA) is 35.5 Å². The molecule has 0 amide bonds. The molecule has 3 heteroatoms. The van der Waals surface area contributed by atoms with Gasteiger partial charge in [-0.25, -0.2) is 0 Å². The Morgan fingerprint density at radius 3 is 2.39 bits per heavy atom. The van der Waals surface area contributed by atoms with Gasteiger partial charge in [-0.2, -0.15) is 0 Å². The van der Waals surface area contributed by atoms with Crippen LogP contribution in [0.15, 0.2) is 0 Å². The number of nitrogens with zero attached hydrogens (tertiary/aromatic N) is 1. The molecule has 0 aromatic rings. The van der Waals surface area contributed by atoms with Gasteiger partial charge in [-0.3, -0.25) is 0 Å². The SMILES string of the molecule is CCC(C)(CNC(C)(C)C)CN1CCC(CO)C1. The third kappa shape index (κ3) is 5.25. The van der Waals surface area contributed by atoms with Crippen LogP contribution >= 0.6 is 0 Å². The lowest BCUT2D eigenvalue weighted by atomic mass is 9.86. The van der Waals surface area contributed by atoms with Crippen LogP contribution in [-0.2, 0) is 0 Å². The maximum atomic E-state index is 9.21. The smallest absolute Gasteiger partial charge is 0.0471 e. The predicted molar refractivity (Wildman–Crippen MR) is 77.8 cm³/mol. The number of likely N-dealkylation sites (tertiary alicyclic amines) is 1. The fraction of sp³-hybridized carbons (Fsp3) is 1.00. The van der Waals surface area contributed by atoms with Crippen molar-refractivity contribution in [3.63, 3.8) is 0 Å². The van der Waals surface area contributed by atoms with Crippen LogP contribution in [0.2, 0.25) is 0 Å². The van der Waals surface area contributed by atoms with Crippen LogP contribution in [0.1, 0.15) is 47.5 Å². The molecule has 3 nitrogen and oxygen atoms in total. The second-order valence-corrected chi connectivity index (χ2v) is 7.34. The van der Waals surface area contributed by atoms with Crippen molar-refractivity contribution in [2.24, 2.45) is 11.3 Å². The minimum atomic E-state index is 0.190. The Morgan fingerprint density at radius 2 is 1.94 bits per heavy atom. The standard InChI is InChI=1S/C15H32N2O/c1-6-15(5,11-16-14(2,3)4)12-17-8-7-13(9-17)10-18/h13,16,18H,6-12H2,1-5H3. The third-order valence-corrected chi connectivity index (χ3v) is 4.13. The number of aliphatic hydroxyl groups excluding tert-OH is 1. The average molecular weight is 256 g/mol. The summed E-state index contributed by atoms with van der Waals surface area (Å²) in [6.07, 6.45) is 2.35. The highest BCUT2D eigenvalue weighted by Crippen LogP contribution is 2.26. The monoisotopic (exact) mass is 256 g/mol. The molecule has 1 rings (SSSR count). The van der Waals surface area contributed by atoms with Gasteiger partial charge in [-0.15, -0.1) is 0 Å². The molecule has 1 aliphatic heterocycles. The molecular weight excluding hydrogens is 224 g/mol. The molecule has 0 saturated carbocycles. The van der Waals surface area contributed by atoms with E-state index in [1.165, 1.54) is 6.42 Å². The van der Waals surface area contributed by atoms with Crippen molar-refractivity contribution in [2.75, 3.05) is 32.8 Å². The highest BCUT2D eigenvalue weighted by atomic mass is 16.3. The minimum absolute atomic E-state index is 0.190. The highest BCUT2D eigenvalue weighted by molar-refractivity contribution is 4.86. The van der Waals surface area contributed by atoms with Crippen LogP contribution in [0.5, 0.6) is 0 Å². The summed E-state index contributed by atoms with van der Waals surface area (Å²) < 4.78 is 0. The van der Waals surface area contributed by atoms with E-state index in [0.29, 0.717) is 17.9 Å². The van der Waals surface area contributed by atoms with E-state index in [1.807, 2.05) is 0 Å².